The fourth-order valence-electron chi connectivity index (χ4n) is 3.80. The lowest BCUT2D eigenvalue weighted by atomic mass is 9.83. The molecular weight excluding hydrogens is 272 g/mol. The number of likely N-dealkylation sites (N-methyl/N-ethyl adjacent to an activating group) is 1. The van der Waals surface area contributed by atoms with Crippen LogP contribution in [0.1, 0.15) is 56.8 Å². The van der Waals surface area contributed by atoms with Crippen molar-refractivity contribution in [2.75, 3.05) is 13.1 Å². The van der Waals surface area contributed by atoms with Gasteiger partial charge in [-0.2, -0.15) is 0 Å². The number of aliphatic hydroxyl groups excluding tert-OH is 1. The molecule has 21 heavy (non-hydrogen) atoms. The molecule has 1 saturated carbocycles. The average molecular weight is 297 g/mol. The summed E-state index contributed by atoms with van der Waals surface area (Å²) in [6.07, 6.45) is 2.41. The molecule has 1 fully saturated rings. The second-order valence-electron chi connectivity index (χ2n) is 5.98. The van der Waals surface area contributed by atoms with Crippen molar-refractivity contribution in [2.45, 2.75) is 58.1 Å². The predicted molar refractivity (Wildman–Crippen MR) is 80.2 cm³/mol. The SMILES string of the molecule is CCN(CC)C1(C(O)c2c(F)ccc(C)c2F)CCCC1. The Morgan fingerprint density at radius 2 is 1.76 bits per heavy atom. The van der Waals surface area contributed by atoms with Crippen molar-refractivity contribution >= 4 is 0 Å². The Morgan fingerprint density at radius 3 is 2.29 bits per heavy atom. The summed E-state index contributed by atoms with van der Waals surface area (Å²) in [5.41, 5.74) is -0.333. The van der Waals surface area contributed by atoms with E-state index in [9.17, 15) is 13.9 Å². The van der Waals surface area contributed by atoms with Crippen molar-refractivity contribution in [3.8, 4) is 0 Å². The summed E-state index contributed by atoms with van der Waals surface area (Å²) >= 11 is 0. The monoisotopic (exact) mass is 297 g/mol. The average Bonchev–Trinajstić information content (AvgIpc) is 2.95. The van der Waals surface area contributed by atoms with Gasteiger partial charge in [0.05, 0.1) is 11.1 Å². The Kier molecular flexibility index (Phi) is 4.99. The van der Waals surface area contributed by atoms with Gasteiger partial charge in [0.2, 0.25) is 0 Å². The van der Waals surface area contributed by atoms with Gasteiger partial charge in [0.1, 0.15) is 17.7 Å². The number of aliphatic hydroxyl groups is 1. The second kappa shape index (κ2) is 6.41. The van der Waals surface area contributed by atoms with Crippen LogP contribution in [0, 0.1) is 18.6 Å². The molecule has 1 aromatic carbocycles. The van der Waals surface area contributed by atoms with E-state index in [0.717, 1.165) is 38.8 Å². The highest BCUT2D eigenvalue weighted by Gasteiger charge is 2.46. The summed E-state index contributed by atoms with van der Waals surface area (Å²) in [5, 5.41) is 10.9. The van der Waals surface area contributed by atoms with Crippen molar-refractivity contribution in [3.05, 3.63) is 34.9 Å². The van der Waals surface area contributed by atoms with Gasteiger partial charge in [-0.05, 0) is 44.5 Å². The Bertz CT molecular complexity index is 494. The van der Waals surface area contributed by atoms with Crippen LogP contribution in [0.5, 0.6) is 0 Å². The predicted octanol–water partition coefficient (Wildman–Crippen LogP) is 3.96. The van der Waals surface area contributed by atoms with Crippen LogP contribution in [0.3, 0.4) is 0 Å². The standard InChI is InChI=1S/C17H25F2NO/c1-4-20(5-2)17(10-6-7-11-17)16(21)14-13(18)9-8-12(3)15(14)19/h8-9,16,21H,4-7,10-11H2,1-3H3. The Morgan fingerprint density at radius 1 is 1.19 bits per heavy atom. The van der Waals surface area contributed by atoms with E-state index in [1.165, 1.54) is 12.1 Å². The highest BCUT2D eigenvalue weighted by atomic mass is 19.1. The van der Waals surface area contributed by atoms with Crippen LogP contribution in [0.25, 0.3) is 0 Å². The van der Waals surface area contributed by atoms with Crippen molar-refractivity contribution in [1.82, 2.24) is 4.90 Å². The van der Waals surface area contributed by atoms with Gasteiger partial charge in [0.15, 0.2) is 0 Å². The minimum atomic E-state index is -1.13. The summed E-state index contributed by atoms with van der Waals surface area (Å²) < 4.78 is 28.5. The summed E-state index contributed by atoms with van der Waals surface area (Å²) in [6, 6.07) is 2.67. The van der Waals surface area contributed by atoms with E-state index in [4.69, 9.17) is 0 Å². The Balaban J connectivity index is 2.49. The maximum Gasteiger partial charge on any atom is 0.134 e. The first-order valence-electron chi connectivity index (χ1n) is 7.85. The third-order valence-corrected chi connectivity index (χ3v) is 4.96. The number of benzene rings is 1. The van der Waals surface area contributed by atoms with Gasteiger partial charge >= 0.3 is 0 Å². The molecule has 0 aliphatic heterocycles. The van der Waals surface area contributed by atoms with E-state index in [1.54, 1.807) is 6.92 Å². The Hall–Kier alpha value is -1.00. The number of hydrogen-bond acceptors (Lipinski definition) is 2. The first kappa shape index (κ1) is 16.4. The summed E-state index contributed by atoms with van der Waals surface area (Å²) in [4.78, 5) is 2.16. The highest BCUT2D eigenvalue weighted by Crippen LogP contribution is 2.45. The fourth-order valence-corrected chi connectivity index (χ4v) is 3.80. The lowest BCUT2D eigenvalue weighted by Crippen LogP contribution is -2.51. The second-order valence-corrected chi connectivity index (χ2v) is 5.98. The molecule has 1 atom stereocenters. The van der Waals surface area contributed by atoms with Crippen molar-refractivity contribution in [2.24, 2.45) is 0 Å². The summed E-state index contributed by atoms with van der Waals surface area (Å²) in [6.45, 7) is 7.19. The van der Waals surface area contributed by atoms with Gasteiger partial charge in [-0.15, -0.1) is 0 Å². The van der Waals surface area contributed by atoms with E-state index in [0.29, 0.717) is 5.56 Å². The third kappa shape index (κ3) is 2.71. The van der Waals surface area contributed by atoms with Crippen molar-refractivity contribution < 1.29 is 13.9 Å². The topological polar surface area (TPSA) is 23.5 Å². The van der Waals surface area contributed by atoms with Crippen LogP contribution in [-0.2, 0) is 0 Å². The fraction of sp³-hybridized carbons (Fsp3) is 0.647. The van der Waals surface area contributed by atoms with Crippen LogP contribution in [0.2, 0.25) is 0 Å². The molecule has 0 heterocycles. The smallest absolute Gasteiger partial charge is 0.134 e. The van der Waals surface area contributed by atoms with Gasteiger partial charge < -0.3 is 5.11 Å². The zero-order valence-electron chi connectivity index (χ0n) is 13.1. The molecule has 1 aliphatic carbocycles. The van der Waals surface area contributed by atoms with Gasteiger partial charge in [0, 0.05) is 0 Å². The molecule has 1 N–H and O–H groups in total. The van der Waals surface area contributed by atoms with Crippen LogP contribution in [0.15, 0.2) is 12.1 Å². The van der Waals surface area contributed by atoms with E-state index >= 15 is 0 Å². The van der Waals surface area contributed by atoms with Crippen molar-refractivity contribution in [1.29, 1.82) is 0 Å². The minimum absolute atomic E-state index is 0.163. The van der Waals surface area contributed by atoms with E-state index in [-0.39, 0.29) is 5.56 Å². The van der Waals surface area contributed by atoms with Crippen LogP contribution in [-0.4, -0.2) is 28.6 Å². The summed E-state index contributed by atoms with van der Waals surface area (Å²) in [7, 11) is 0. The molecule has 0 saturated heterocycles. The number of hydrogen-bond donors (Lipinski definition) is 1. The molecule has 0 radical (unpaired) electrons. The van der Waals surface area contributed by atoms with Crippen LogP contribution >= 0.6 is 0 Å². The number of halogens is 2. The van der Waals surface area contributed by atoms with E-state index in [1.807, 2.05) is 13.8 Å². The molecule has 118 valence electrons. The van der Waals surface area contributed by atoms with E-state index < -0.39 is 23.3 Å². The molecular formula is C17H25F2NO. The van der Waals surface area contributed by atoms with E-state index in [2.05, 4.69) is 4.90 Å². The molecule has 0 spiro atoms. The maximum absolute atomic E-state index is 14.4. The zero-order valence-corrected chi connectivity index (χ0v) is 13.1. The number of rotatable bonds is 5. The highest BCUT2D eigenvalue weighted by molar-refractivity contribution is 5.31. The zero-order chi connectivity index (χ0) is 15.6. The molecule has 2 rings (SSSR count). The normalized spacial score (nSPS) is 19.2. The molecule has 1 aromatic rings. The quantitative estimate of drug-likeness (QED) is 0.889. The minimum Gasteiger partial charge on any atom is -0.386 e. The third-order valence-electron chi connectivity index (χ3n) is 4.96. The largest absolute Gasteiger partial charge is 0.386 e. The lowest BCUT2D eigenvalue weighted by molar-refractivity contribution is -0.0303. The Labute approximate surface area is 125 Å². The van der Waals surface area contributed by atoms with Crippen LogP contribution < -0.4 is 0 Å². The van der Waals surface area contributed by atoms with Gasteiger partial charge in [0.25, 0.3) is 0 Å². The molecule has 1 unspecified atom stereocenters. The molecule has 2 nitrogen and oxygen atoms in total. The van der Waals surface area contributed by atoms with Gasteiger partial charge in [-0.25, -0.2) is 8.78 Å². The molecule has 0 aromatic heterocycles. The molecule has 1 aliphatic rings. The first-order chi connectivity index (χ1) is 9.97. The number of aryl methyl sites for hydroxylation is 1. The molecule has 4 heteroatoms. The number of nitrogens with zero attached hydrogens (tertiary/aromatic N) is 1. The van der Waals surface area contributed by atoms with Gasteiger partial charge in [-0.3, -0.25) is 4.90 Å². The first-order valence-corrected chi connectivity index (χ1v) is 7.85. The molecule has 0 amide bonds. The van der Waals surface area contributed by atoms with Gasteiger partial charge in [-0.1, -0.05) is 32.8 Å². The molecule has 0 bridgehead atoms. The van der Waals surface area contributed by atoms with Crippen molar-refractivity contribution in [3.63, 3.8) is 0 Å². The van der Waals surface area contributed by atoms with Crippen LogP contribution in [0.4, 0.5) is 8.78 Å². The summed E-state index contributed by atoms with van der Waals surface area (Å²) in [5.74, 6) is -1.26. The lowest BCUT2D eigenvalue weighted by Gasteiger charge is -2.44. The maximum atomic E-state index is 14.4.